The van der Waals surface area contributed by atoms with Crippen LogP contribution in [0.2, 0.25) is 0 Å². The number of aromatic nitrogens is 3. The van der Waals surface area contributed by atoms with E-state index in [0.717, 1.165) is 50.5 Å². The molecule has 0 bridgehead atoms. The highest BCUT2D eigenvalue weighted by molar-refractivity contribution is 14.0. The lowest BCUT2D eigenvalue weighted by molar-refractivity contribution is -0.0353. The number of aliphatic imine (C=N–C) groups is 1. The van der Waals surface area contributed by atoms with Gasteiger partial charge in [0.25, 0.3) is 0 Å². The molecule has 2 heterocycles. The second kappa shape index (κ2) is 12.5. The maximum absolute atomic E-state index is 5.65. The van der Waals surface area contributed by atoms with E-state index in [2.05, 4.69) is 25.7 Å². The van der Waals surface area contributed by atoms with Crippen molar-refractivity contribution >= 4 is 29.9 Å². The predicted molar refractivity (Wildman–Crippen MR) is 139 cm³/mol. The summed E-state index contributed by atoms with van der Waals surface area (Å²) in [5, 5.41) is 16.0. The van der Waals surface area contributed by atoms with Crippen molar-refractivity contribution in [1.82, 2.24) is 30.3 Å². The van der Waals surface area contributed by atoms with Crippen LogP contribution >= 0.6 is 24.0 Å². The first-order valence-electron chi connectivity index (χ1n) is 12.4. The van der Waals surface area contributed by atoms with E-state index >= 15 is 0 Å². The highest BCUT2D eigenvalue weighted by atomic mass is 127. The molecule has 4 rings (SSSR count). The smallest absolute Gasteiger partial charge is 0.191 e. The van der Waals surface area contributed by atoms with Crippen LogP contribution in [-0.4, -0.2) is 70.1 Å². The fourth-order valence-electron chi connectivity index (χ4n) is 5.43. The molecule has 0 aromatic carbocycles. The molecule has 32 heavy (non-hydrogen) atoms. The highest BCUT2D eigenvalue weighted by Crippen LogP contribution is 2.34. The summed E-state index contributed by atoms with van der Waals surface area (Å²) in [7, 11) is 2.01. The van der Waals surface area contributed by atoms with Gasteiger partial charge in [0.05, 0.1) is 13.2 Å². The summed E-state index contributed by atoms with van der Waals surface area (Å²) in [6.07, 6.45) is 13.0. The summed E-state index contributed by atoms with van der Waals surface area (Å²) in [5.74, 6) is 2.77. The third kappa shape index (κ3) is 6.56. The maximum Gasteiger partial charge on any atom is 0.191 e. The summed E-state index contributed by atoms with van der Waals surface area (Å²) in [5.41, 5.74) is 0.221. The lowest BCUT2D eigenvalue weighted by Gasteiger charge is -2.48. The Morgan fingerprint density at radius 1 is 1.06 bits per heavy atom. The molecule has 3 aliphatic rings. The van der Waals surface area contributed by atoms with Gasteiger partial charge in [-0.2, -0.15) is 0 Å². The van der Waals surface area contributed by atoms with Gasteiger partial charge in [-0.25, -0.2) is 4.99 Å². The normalized spacial score (nSPS) is 22.9. The minimum atomic E-state index is 0. The van der Waals surface area contributed by atoms with E-state index in [1.54, 1.807) is 0 Å². The SMILES string of the molecule is Cc1nnc(CN=C(NCC2(N3CCOCC3)CCCCC2)NC2CCCCC2)n1C.I. The standard InChI is InChI=1S/C23H41N7O.HI/c1-19-27-28-21(29(19)2)17-24-22(26-20-9-5-3-6-10-20)25-18-23(11-7-4-8-12-23)30-13-15-31-16-14-30;/h20H,3-18H2,1-2H3,(H2,24,25,26);1H. The van der Waals surface area contributed by atoms with Gasteiger partial charge in [-0.1, -0.05) is 38.5 Å². The summed E-state index contributed by atoms with van der Waals surface area (Å²) in [6.45, 7) is 7.27. The van der Waals surface area contributed by atoms with E-state index in [1.807, 2.05) is 18.5 Å². The zero-order valence-corrected chi connectivity index (χ0v) is 22.3. The lowest BCUT2D eigenvalue weighted by Crippen LogP contribution is -2.61. The summed E-state index contributed by atoms with van der Waals surface area (Å²) < 4.78 is 7.67. The lowest BCUT2D eigenvalue weighted by atomic mass is 9.79. The number of rotatable bonds is 6. The molecule has 2 N–H and O–H groups in total. The first kappa shape index (κ1) is 25.7. The van der Waals surface area contributed by atoms with Gasteiger partial charge in [-0.3, -0.25) is 4.90 Å². The van der Waals surface area contributed by atoms with Crippen molar-refractivity contribution < 1.29 is 4.74 Å². The maximum atomic E-state index is 5.65. The van der Waals surface area contributed by atoms with E-state index in [1.165, 1.54) is 64.2 Å². The number of aryl methyl sites for hydroxylation is 1. The van der Waals surface area contributed by atoms with Crippen molar-refractivity contribution in [3.8, 4) is 0 Å². The minimum absolute atomic E-state index is 0. The van der Waals surface area contributed by atoms with Crippen molar-refractivity contribution in [2.75, 3.05) is 32.8 Å². The van der Waals surface area contributed by atoms with E-state index in [4.69, 9.17) is 9.73 Å². The molecule has 0 atom stereocenters. The second-order valence-corrected chi connectivity index (χ2v) is 9.60. The molecule has 1 aromatic heterocycles. The fourth-order valence-corrected chi connectivity index (χ4v) is 5.43. The van der Waals surface area contributed by atoms with Gasteiger partial charge in [-0.05, 0) is 32.6 Å². The molecule has 0 amide bonds. The summed E-state index contributed by atoms with van der Waals surface area (Å²) in [6, 6.07) is 0.520. The number of morpholine rings is 1. The van der Waals surface area contributed by atoms with Crippen LogP contribution in [0, 0.1) is 6.92 Å². The number of hydrogen-bond donors (Lipinski definition) is 2. The third-order valence-electron chi connectivity index (χ3n) is 7.56. The van der Waals surface area contributed by atoms with Gasteiger partial charge < -0.3 is 19.9 Å². The molecular weight excluding hydrogens is 517 g/mol. The van der Waals surface area contributed by atoms with E-state index < -0.39 is 0 Å². The fraction of sp³-hybridized carbons (Fsp3) is 0.870. The zero-order chi connectivity index (χ0) is 21.5. The first-order chi connectivity index (χ1) is 15.2. The highest BCUT2D eigenvalue weighted by Gasteiger charge is 2.38. The molecule has 0 unspecified atom stereocenters. The number of nitrogens with zero attached hydrogens (tertiary/aromatic N) is 5. The van der Waals surface area contributed by atoms with Gasteiger partial charge in [0.15, 0.2) is 11.8 Å². The number of ether oxygens (including phenoxy) is 1. The quantitative estimate of drug-likeness (QED) is 0.317. The van der Waals surface area contributed by atoms with Crippen LogP contribution in [0.3, 0.4) is 0 Å². The third-order valence-corrected chi connectivity index (χ3v) is 7.56. The van der Waals surface area contributed by atoms with E-state index in [0.29, 0.717) is 12.6 Å². The monoisotopic (exact) mass is 559 g/mol. The molecule has 1 aromatic rings. The molecule has 2 saturated carbocycles. The molecular formula is C23H42IN7O. The first-order valence-corrected chi connectivity index (χ1v) is 12.4. The predicted octanol–water partition coefficient (Wildman–Crippen LogP) is 3.14. The van der Waals surface area contributed by atoms with E-state index in [-0.39, 0.29) is 29.5 Å². The van der Waals surface area contributed by atoms with Crippen LogP contribution in [0.1, 0.15) is 75.9 Å². The number of nitrogens with one attached hydrogen (secondary N) is 2. The molecule has 0 spiro atoms. The van der Waals surface area contributed by atoms with Crippen LogP contribution in [-0.2, 0) is 18.3 Å². The van der Waals surface area contributed by atoms with Crippen LogP contribution in [0.5, 0.6) is 0 Å². The van der Waals surface area contributed by atoms with Crippen molar-refractivity contribution in [2.24, 2.45) is 12.0 Å². The Labute approximate surface area is 210 Å². The molecule has 3 fully saturated rings. The topological polar surface area (TPSA) is 79.6 Å². The van der Waals surface area contributed by atoms with Crippen LogP contribution in [0.4, 0.5) is 0 Å². The molecule has 0 radical (unpaired) electrons. The molecule has 9 heteroatoms. The van der Waals surface area contributed by atoms with Gasteiger partial charge in [0, 0.05) is 38.3 Å². The van der Waals surface area contributed by atoms with Crippen LogP contribution < -0.4 is 10.6 Å². The molecule has 182 valence electrons. The Balaban J connectivity index is 0.00000289. The Morgan fingerprint density at radius 2 is 1.75 bits per heavy atom. The average Bonchev–Trinajstić information content (AvgIpc) is 3.15. The van der Waals surface area contributed by atoms with Crippen molar-refractivity contribution in [1.29, 1.82) is 0 Å². The van der Waals surface area contributed by atoms with Gasteiger partial charge in [0.2, 0.25) is 0 Å². The van der Waals surface area contributed by atoms with Crippen molar-refractivity contribution in [2.45, 2.75) is 89.3 Å². The van der Waals surface area contributed by atoms with Crippen molar-refractivity contribution in [3.05, 3.63) is 11.6 Å². The Bertz CT molecular complexity index is 720. The average molecular weight is 560 g/mol. The largest absolute Gasteiger partial charge is 0.379 e. The van der Waals surface area contributed by atoms with Crippen LogP contribution in [0.15, 0.2) is 4.99 Å². The second-order valence-electron chi connectivity index (χ2n) is 9.60. The van der Waals surface area contributed by atoms with Crippen LogP contribution in [0.25, 0.3) is 0 Å². The van der Waals surface area contributed by atoms with E-state index in [9.17, 15) is 0 Å². The summed E-state index contributed by atoms with van der Waals surface area (Å²) in [4.78, 5) is 7.64. The van der Waals surface area contributed by atoms with Gasteiger partial charge >= 0.3 is 0 Å². The zero-order valence-electron chi connectivity index (χ0n) is 19.9. The Hall–Kier alpha value is -0.940. The molecule has 2 aliphatic carbocycles. The molecule has 1 saturated heterocycles. The van der Waals surface area contributed by atoms with Gasteiger partial charge in [-0.15, -0.1) is 34.2 Å². The van der Waals surface area contributed by atoms with Crippen molar-refractivity contribution in [3.63, 3.8) is 0 Å². The van der Waals surface area contributed by atoms with Gasteiger partial charge in [0.1, 0.15) is 12.4 Å². The number of guanidine groups is 1. The minimum Gasteiger partial charge on any atom is -0.379 e. The molecule has 8 nitrogen and oxygen atoms in total. The summed E-state index contributed by atoms with van der Waals surface area (Å²) >= 11 is 0. The molecule has 1 aliphatic heterocycles. The number of hydrogen-bond acceptors (Lipinski definition) is 5. The Kier molecular flexibility index (Phi) is 10.0. The number of halogens is 1. The Morgan fingerprint density at radius 3 is 2.41 bits per heavy atom.